The summed E-state index contributed by atoms with van der Waals surface area (Å²) in [5, 5.41) is 5.66. The van der Waals surface area contributed by atoms with Gasteiger partial charge >= 0.3 is 0 Å². The van der Waals surface area contributed by atoms with E-state index in [1.807, 2.05) is 47.1 Å². The van der Waals surface area contributed by atoms with E-state index < -0.39 is 0 Å². The maximum absolute atomic E-state index is 6.39. The van der Waals surface area contributed by atoms with Crippen LogP contribution >= 0.6 is 11.6 Å². The van der Waals surface area contributed by atoms with E-state index in [1.54, 1.807) is 7.11 Å². The Labute approximate surface area is 166 Å². The van der Waals surface area contributed by atoms with Gasteiger partial charge in [0.25, 0.3) is 0 Å². The van der Waals surface area contributed by atoms with Crippen molar-refractivity contribution in [2.24, 2.45) is 5.41 Å². The van der Waals surface area contributed by atoms with Crippen molar-refractivity contribution in [2.75, 3.05) is 7.11 Å². The number of hydrogen-bond acceptors (Lipinski definition) is 2. The van der Waals surface area contributed by atoms with E-state index in [-0.39, 0.29) is 5.41 Å². The van der Waals surface area contributed by atoms with Crippen LogP contribution in [0.2, 0.25) is 5.02 Å². The molecule has 0 saturated heterocycles. The summed E-state index contributed by atoms with van der Waals surface area (Å²) >= 11 is 6.39. The molecule has 0 N–H and O–H groups in total. The van der Waals surface area contributed by atoms with Crippen LogP contribution in [0.25, 0.3) is 11.3 Å². The summed E-state index contributed by atoms with van der Waals surface area (Å²) in [5.41, 5.74) is 4.63. The van der Waals surface area contributed by atoms with E-state index in [1.165, 1.54) is 0 Å². The lowest BCUT2D eigenvalue weighted by Crippen LogP contribution is -2.08. The molecule has 2 aromatic carbocycles. The van der Waals surface area contributed by atoms with E-state index in [0.717, 1.165) is 46.1 Å². The quantitative estimate of drug-likeness (QED) is 0.504. The number of benzene rings is 2. The van der Waals surface area contributed by atoms with Crippen LogP contribution in [0.1, 0.15) is 38.4 Å². The van der Waals surface area contributed by atoms with Gasteiger partial charge in [0.2, 0.25) is 0 Å². The van der Waals surface area contributed by atoms with Gasteiger partial charge in [0.05, 0.1) is 25.0 Å². The van der Waals surface area contributed by atoms with E-state index in [0.29, 0.717) is 6.54 Å². The van der Waals surface area contributed by atoms with Crippen LogP contribution in [-0.2, 0) is 13.0 Å². The highest BCUT2D eigenvalue weighted by Gasteiger charge is 2.15. The lowest BCUT2D eigenvalue weighted by Gasteiger charge is -2.16. The van der Waals surface area contributed by atoms with Gasteiger partial charge in [-0.2, -0.15) is 5.10 Å². The number of aromatic nitrogens is 2. The molecular formula is C23H27ClN2O. The molecule has 1 aromatic heterocycles. The summed E-state index contributed by atoms with van der Waals surface area (Å²) in [6.45, 7) is 7.42. The van der Waals surface area contributed by atoms with Crippen molar-refractivity contribution < 1.29 is 4.74 Å². The molecule has 3 nitrogen and oxygen atoms in total. The lowest BCUT2D eigenvalue weighted by atomic mass is 9.90. The van der Waals surface area contributed by atoms with Crippen molar-refractivity contribution >= 4 is 11.6 Å². The molecule has 0 unspecified atom stereocenters. The first kappa shape index (κ1) is 19.5. The lowest BCUT2D eigenvalue weighted by molar-refractivity contribution is 0.375. The molecule has 0 spiro atoms. The highest BCUT2D eigenvalue weighted by molar-refractivity contribution is 6.31. The molecular weight excluding hydrogens is 356 g/mol. The maximum Gasteiger partial charge on any atom is 0.119 e. The monoisotopic (exact) mass is 382 g/mol. The molecule has 0 saturated carbocycles. The van der Waals surface area contributed by atoms with Gasteiger partial charge in [-0.3, -0.25) is 4.68 Å². The minimum atomic E-state index is 0.280. The fourth-order valence-corrected chi connectivity index (χ4v) is 3.21. The second kappa shape index (κ2) is 8.18. The first-order valence-corrected chi connectivity index (χ1v) is 9.68. The van der Waals surface area contributed by atoms with E-state index in [4.69, 9.17) is 21.4 Å². The molecule has 0 bridgehead atoms. The van der Waals surface area contributed by atoms with Crippen molar-refractivity contribution in [3.05, 3.63) is 70.9 Å². The van der Waals surface area contributed by atoms with Crippen LogP contribution in [-0.4, -0.2) is 16.9 Å². The third-order valence-electron chi connectivity index (χ3n) is 4.61. The molecule has 0 fully saturated rings. The number of rotatable bonds is 6. The van der Waals surface area contributed by atoms with Crippen molar-refractivity contribution in [3.8, 4) is 17.0 Å². The number of hydrogen-bond donors (Lipinski definition) is 0. The summed E-state index contributed by atoms with van der Waals surface area (Å²) in [5.74, 6) is 0.842. The van der Waals surface area contributed by atoms with Crippen LogP contribution in [0.5, 0.6) is 5.75 Å². The summed E-state index contributed by atoms with van der Waals surface area (Å²) in [7, 11) is 1.69. The third kappa shape index (κ3) is 5.14. The number of halogens is 1. The van der Waals surface area contributed by atoms with Crippen LogP contribution in [0, 0.1) is 5.41 Å². The molecule has 0 radical (unpaired) electrons. The topological polar surface area (TPSA) is 27.1 Å². The highest BCUT2D eigenvalue weighted by Crippen LogP contribution is 2.28. The Kier molecular flexibility index (Phi) is 5.91. The smallest absolute Gasteiger partial charge is 0.119 e. The zero-order chi connectivity index (χ0) is 19.4. The summed E-state index contributed by atoms with van der Waals surface area (Å²) in [6, 6.07) is 18.2. The average Bonchev–Trinajstić information content (AvgIpc) is 3.04. The van der Waals surface area contributed by atoms with Crippen molar-refractivity contribution in [2.45, 2.75) is 40.2 Å². The normalized spacial score (nSPS) is 11.6. The fraction of sp³-hybridized carbons (Fsp3) is 0.348. The predicted molar refractivity (Wildman–Crippen MR) is 113 cm³/mol. The van der Waals surface area contributed by atoms with Gasteiger partial charge in [-0.05, 0) is 48.1 Å². The fourth-order valence-electron chi connectivity index (χ4n) is 3.02. The number of aryl methyl sites for hydroxylation is 1. The molecule has 1 heterocycles. The Morgan fingerprint density at radius 1 is 1.04 bits per heavy atom. The van der Waals surface area contributed by atoms with Gasteiger partial charge in [0, 0.05) is 10.6 Å². The Bertz CT molecular complexity index is 909. The molecule has 0 aliphatic heterocycles. The molecule has 142 valence electrons. The van der Waals surface area contributed by atoms with Crippen molar-refractivity contribution in [1.82, 2.24) is 9.78 Å². The second-order valence-electron chi connectivity index (χ2n) is 8.06. The SMILES string of the molecule is COc1cccc(-c2cc(CCC(C)(C)C)nn2Cc2ccccc2Cl)c1. The largest absolute Gasteiger partial charge is 0.497 e. The van der Waals surface area contributed by atoms with Gasteiger partial charge in [0.1, 0.15) is 5.75 Å². The zero-order valence-electron chi connectivity index (χ0n) is 16.5. The predicted octanol–water partition coefficient (Wildman–Crippen LogP) is 6.24. The minimum absolute atomic E-state index is 0.280. The van der Waals surface area contributed by atoms with Gasteiger partial charge in [-0.25, -0.2) is 0 Å². The van der Waals surface area contributed by atoms with Gasteiger partial charge in [-0.15, -0.1) is 0 Å². The molecule has 4 heteroatoms. The molecule has 27 heavy (non-hydrogen) atoms. The third-order valence-corrected chi connectivity index (χ3v) is 4.97. The number of ether oxygens (including phenoxy) is 1. The Morgan fingerprint density at radius 2 is 1.81 bits per heavy atom. The Morgan fingerprint density at radius 3 is 2.52 bits per heavy atom. The minimum Gasteiger partial charge on any atom is -0.497 e. The molecule has 0 atom stereocenters. The average molecular weight is 383 g/mol. The molecule has 3 rings (SSSR count). The van der Waals surface area contributed by atoms with Gasteiger partial charge < -0.3 is 4.74 Å². The van der Waals surface area contributed by atoms with Gasteiger partial charge in [0.15, 0.2) is 0 Å². The van der Waals surface area contributed by atoms with Crippen molar-refractivity contribution in [1.29, 1.82) is 0 Å². The molecule has 0 amide bonds. The zero-order valence-corrected chi connectivity index (χ0v) is 17.3. The summed E-state index contributed by atoms with van der Waals surface area (Å²) in [4.78, 5) is 0. The Hall–Kier alpha value is -2.26. The Balaban J connectivity index is 1.98. The van der Waals surface area contributed by atoms with Gasteiger partial charge in [-0.1, -0.05) is 62.7 Å². The van der Waals surface area contributed by atoms with E-state index in [9.17, 15) is 0 Å². The van der Waals surface area contributed by atoms with E-state index in [2.05, 4.69) is 32.9 Å². The number of methoxy groups -OCH3 is 1. The first-order chi connectivity index (χ1) is 12.9. The maximum atomic E-state index is 6.39. The molecule has 0 aliphatic rings. The van der Waals surface area contributed by atoms with Crippen LogP contribution in [0.15, 0.2) is 54.6 Å². The van der Waals surface area contributed by atoms with Crippen molar-refractivity contribution in [3.63, 3.8) is 0 Å². The summed E-state index contributed by atoms with van der Waals surface area (Å²) < 4.78 is 7.45. The summed E-state index contributed by atoms with van der Waals surface area (Å²) in [6.07, 6.45) is 2.05. The molecule has 3 aromatic rings. The first-order valence-electron chi connectivity index (χ1n) is 9.30. The molecule has 0 aliphatic carbocycles. The van der Waals surface area contributed by atoms with E-state index >= 15 is 0 Å². The van der Waals surface area contributed by atoms with Crippen LogP contribution in [0.3, 0.4) is 0 Å². The standard InChI is InChI=1S/C23H27ClN2O/c1-23(2,3)13-12-19-15-22(17-9-7-10-20(14-17)27-4)26(25-19)16-18-8-5-6-11-21(18)24/h5-11,14-15H,12-13,16H2,1-4H3. The second-order valence-corrected chi connectivity index (χ2v) is 8.47. The number of nitrogens with zero attached hydrogens (tertiary/aromatic N) is 2. The van der Waals surface area contributed by atoms with Crippen LogP contribution < -0.4 is 4.74 Å². The highest BCUT2D eigenvalue weighted by atomic mass is 35.5. The van der Waals surface area contributed by atoms with Crippen LogP contribution in [0.4, 0.5) is 0 Å².